The Hall–Kier alpha value is -2.81. The van der Waals surface area contributed by atoms with Crippen molar-refractivity contribution in [2.24, 2.45) is 0 Å². The monoisotopic (exact) mass is 301 g/mol. The summed E-state index contributed by atoms with van der Waals surface area (Å²) in [4.78, 5) is 29.8. The molecule has 1 aliphatic carbocycles. The van der Waals surface area contributed by atoms with Crippen molar-refractivity contribution in [1.82, 2.24) is 4.98 Å². The van der Waals surface area contributed by atoms with Crippen molar-refractivity contribution in [3.05, 3.63) is 76.5 Å². The molecular weight excluding hydrogens is 286 g/mol. The summed E-state index contributed by atoms with van der Waals surface area (Å²) in [6.45, 7) is 4.09. The molecule has 0 N–H and O–H groups in total. The SMILES string of the molecule is Cc1cc2ccc(C3C(=O)c4ccccc4C3=O)nc2cc1C. The van der Waals surface area contributed by atoms with Gasteiger partial charge in [-0.25, -0.2) is 0 Å². The summed E-state index contributed by atoms with van der Waals surface area (Å²) < 4.78 is 0. The Morgan fingerprint density at radius 2 is 1.43 bits per heavy atom. The molecule has 0 fully saturated rings. The molecule has 1 heterocycles. The minimum atomic E-state index is -0.807. The number of carbonyl (C=O) groups excluding carboxylic acids is 2. The lowest BCUT2D eigenvalue weighted by Crippen LogP contribution is -2.14. The zero-order valence-electron chi connectivity index (χ0n) is 13.0. The normalized spacial score (nSPS) is 14.5. The molecule has 0 unspecified atom stereocenters. The molecule has 0 spiro atoms. The Bertz CT molecular complexity index is 953. The van der Waals surface area contributed by atoms with Crippen LogP contribution in [0, 0.1) is 13.8 Å². The Balaban J connectivity index is 1.86. The molecule has 2 aromatic carbocycles. The number of benzene rings is 2. The van der Waals surface area contributed by atoms with E-state index >= 15 is 0 Å². The number of nitrogens with zero attached hydrogens (tertiary/aromatic N) is 1. The van der Waals surface area contributed by atoms with Gasteiger partial charge in [0.25, 0.3) is 0 Å². The van der Waals surface area contributed by atoms with E-state index in [1.54, 1.807) is 30.3 Å². The van der Waals surface area contributed by atoms with Crippen LogP contribution in [-0.2, 0) is 0 Å². The van der Waals surface area contributed by atoms with Crippen LogP contribution in [0.4, 0.5) is 0 Å². The first-order valence-electron chi connectivity index (χ1n) is 7.61. The van der Waals surface area contributed by atoms with E-state index in [0.717, 1.165) is 16.5 Å². The summed E-state index contributed by atoms with van der Waals surface area (Å²) in [5.74, 6) is -1.11. The minimum absolute atomic E-state index is 0.152. The van der Waals surface area contributed by atoms with E-state index in [2.05, 4.69) is 18.0 Å². The highest BCUT2D eigenvalue weighted by molar-refractivity contribution is 6.29. The van der Waals surface area contributed by atoms with E-state index in [0.29, 0.717) is 16.8 Å². The van der Waals surface area contributed by atoms with Crippen LogP contribution in [-0.4, -0.2) is 16.6 Å². The third-order valence-corrected chi connectivity index (χ3v) is 4.60. The van der Waals surface area contributed by atoms with Crippen LogP contribution in [0.1, 0.15) is 43.5 Å². The summed E-state index contributed by atoms with van der Waals surface area (Å²) in [7, 11) is 0. The number of aromatic nitrogens is 1. The predicted octanol–water partition coefficient (Wildman–Crippen LogP) is 4.01. The molecule has 0 aliphatic heterocycles. The van der Waals surface area contributed by atoms with Gasteiger partial charge in [0.1, 0.15) is 5.92 Å². The van der Waals surface area contributed by atoms with Gasteiger partial charge in [-0.15, -0.1) is 0 Å². The molecule has 0 saturated heterocycles. The van der Waals surface area contributed by atoms with E-state index in [1.165, 1.54) is 5.56 Å². The smallest absolute Gasteiger partial charge is 0.180 e. The highest BCUT2D eigenvalue weighted by atomic mass is 16.2. The molecule has 0 saturated carbocycles. The highest BCUT2D eigenvalue weighted by Gasteiger charge is 2.40. The van der Waals surface area contributed by atoms with E-state index in [-0.39, 0.29) is 11.6 Å². The van der Waals surface area contributed by atoms with E-state index in [1.807, 2.05) is 19.1 Å². The van der Waals surface area contributed by atoms with Crippen molar-refractivity contribution in [2.45, 2.75) is 19.8 Å². The maximum Gasteiger partial charge on any atom is 0.180 e. The van der Waals surface area contributed by atoms with Crippen LogP contribution in [0.3, 0.4) is 0 Å². The number of ketones is 2. The van der Waals surface area contributed by atoms with Gasteiger partial charge in [0.05, 0.1) is 11.2 Å². The summed E-state index contributed by atoms with van der Waals surface area (Å²) in [6.07, 6.45) is 0. The van der Waals surface area contributed by atoms with Crippen LogP contribution in [0.5, 0.6) is 0 Å². The summed E-state index contributed by atoms with van der Waals surface area (Å²) >= 11 is 0. The van der Waals surface area contributed by atoms with Crippen LogP contribution < -0.4 is 0 Å². The van der Waals surface area contributed by atoms with Gasteiger partial charge in [0, 0.05) is 16.5 Å². The Labute approximate surface area is 134 Å². The lowest BCUT2D eigenvalue weighted by atomic mass is 9.97. The van der Waals surface area contributed by atoms with Gasteiger partial charge in [-0.2, -0.15) is 0 Å². The Morgan fingerprint density at radius 3 is 2.09 bits per heavy atom. The molecule has 112 valence electrons. The second-order valence-electron chi connectivity index (χ2n) is 6.07. The number of hydrogen-bond acceptors (Lipinski definition) is 3. The van der Waals surface area contributed by atoms with Gasteiger partial charge >= 0.3 is 0 Å². The van der Waals surface area contributed by atoms with Crippen molar-refractivity contribution < 1.29 is 9.59 Å². The fraction of sp³-hybridized carbons (Fsp3) is 0.150. The van der Waals surface area contributed by atoms with Crippen LogP contribution in [0.25, 0.3) is 10.9 Å². The van der Waals surface area contributed by atoms with E-state index in [4.69, 9.17) is 0 Å². The Kier molecular flexibility index (Phi) is 2.91. The molecular formula is C20H15NO2. The largest absolute Gasteiger partial charge is 0.293 e. The maximum atomic E-state index is 12.6. The number of hydrogen-bond donors (Lipinski definition) is 0. The lowest BCUT2D eigenvalue weighted by molar-refractivity contribution is 0.0888. The van der Waals surface area contributed by atoms with Crippen LogP contribution in [0.2, 0.25) is 0 Å². The Morgan fingerprint density at radius 1 is 0.826 bits per heavy atom. The van der Waals surface area contributed by atoms with Gasteiger partial charge < -0.3 is 0 Å². The van der Waals surface area contributed by atoms with Crippen molar-refractivity contribution >= 4 is 22.5 Å². The summed E-state index contributed by atoms with van der Waals surface area (Å²) in [5, 5.41) is 1.02. The quantitative estimate of drug-likeness (QED) is 0.638. The average Bonchev–Trinajstić information content (AvgIpc) is 2.80. The first-order valence-corrected chi connectivity index (χ1v) is 7.61. The van der Waals surface area contributed by atoms with Crippen molar-refractivity contribution in [1.29, 1.82) is 0 Å². The molecule has 4 rings (SSSR count). The third kappa shape index (κ3) is 2.00. The molecule has 0 bridgehead atoms. The standard InChI is InChI=1S/C20H15NO2/c1-11-9-13-7-8-16(21-17(13)10-12(11)2)18-19(22)14-5-3-4-6-15(14)20(18)23/h3-10,18H,1-2H3. The number of rotatable bonds is 1. The molecule has 1 aromatic heterocycles. The molecule has 0 radical (unpaired) electrons. The third-order valence-electron chi connectivity index (χ3n) is 4.60. The predicted molar refractivity (Wildman–Crippen MR) is 89.1 cm³/mol. The topological polar surface area (TPSA) is 47.0 Å². The van der Waals surface area contributed by atoms with Crippen molar-refractivity contribution in [2.75, 3.05) is 0 Å². The average molecular weight is 301 g/mol. The molecule has 0 atom stereocenters. The first kappa shape index (κ1) is 13.8. The fourth-order valence-electron chi connectivity index (χ4n) is 3.18. The first-order chi connectivity index (χ1) is 11.1. The lowest BCUT2D eigenvalue weighted by Gasteiger charge is -2.09. The maximum absolute atomic E-state index is 12.6. The highest BCUT2D eigenvalue weighted by Crippen LogP contribution is 2.33. The number of pyridine rings is 1. The van der Waals surface area contributed by atoms with Crippen LogP contribution >= 0.6 is 0 Å². The molecule has 0 amide bonds. The van der Waals surface area contributed by atoms with Gasteiger partial charge in [-0.3, -0.25) is 14.6 Å². The molecule has 3 heteroatoms. The van der Waals surface area contributed by atoms with E-state index < -0.39 is 5.92 Å². The van der Waals surface area contributed by atoms with Gasteiger partial charge in [-0.1, -0.05) is 30.3 Å². The fourth-order valence-corrected chi connectivity index (χ4v) is 3.18. The zero-order chi connectivity index (χ0) is 16.1. The summed E-state index contributed by atoms with van der Waals surface area (Å²) in [6, 6.07) is 14.8. The number of aryl methyl sites for hydroxylation is 2. The van der Waals surface area contributed by atoms with Gasteiger partial charge in [0.2, 0.25) is 0 Å². The second-order valence-corrected chi connectivity index (χ2v) is 6.07. The second kappa shape index (κ2) is 4.85. The number of fused-ring (bicyclic) bond motifs is 2. The van der Waals surface area contributed by atoms with Gasteiger partial charge in [0.15, 0.2) is 11.6 Å². The molecule has 3 nitrogen and oxygen atoms in total. The summed E-state index contributed by atoms with van der Waals surface area (Å²) in [5.41, 5.74) is 4.71. The van der Waals surface area contributed by atoms with Gasteiger partial charge in [-0.05, 0) is 43.2 Å². The number of Topliss-reactive ketones (excluding diaryl/α,β-unsaturated/α-hetero) is 2. The van der Waals surface area contributed by atoms with Crippen LogP contribution in [0.15, 0.2) is 48.5 Å². The zero-order valence-corrected chi connectivity index (χ0v) is 13.0. The molecule has 3 aromatic rings. The minimum Gasteiger partial charge on any atom is -0.293 e. The van der Waals surface area contributed by atoms with E-state index in [9.17, 15) is 9.59 Å². The number of carbonyl (C=O) groups is 2. The van der Waals surface area contributed by atoms with Crippen molar-refractivity contribution in [3.63, 3.8) is 0 Å². The molecule has 1 aliphatic rings. The van der Waals surface area contributed by atoms with Crippen molar-refractivity contribution in [3.8, 4) is 0 Å². The molecule has 23 heavy (non-hydrogen) atoms.